The molecule has 5 heteroatoms. The van der Waals surface area contributed by atoms with E-state index < -0.39 is 17.7 Å². The summed E-state index contributed by atoms with van der Waals surface area (Å²) in [6.07, 6.45) is 3.32. The Morgan fingerprint density at radius 3 is 2.50 bits per heavy atom. The lowest BCUT2D eigenvalue weighted by molar-refractivity contribution is -0.148. The molecule has 114 valence electrons. The Bertz CT molecular complexity index is 373. The molecule has 1 amide bonds. The zero-order valence-electron chi connectivity index (χ0n) is 12.8. The van der Waals surface area contributed by atoms with E-state index in [-0.39, 0.29) is 12.0 Å². The molecular formula is C15H25NO4. The second kappa shape index (κ2) is 6.77. The molecule has 1 aliphatic heterocycles. The number of ether oxygens (including phenoxy) is 2. The maximum atomic E-state index is 12.3. The van der Waals surface area contributed by atoms with Gasteiger partial charge in [0.25, 0.3) is 0 Å². The van der Waals surface area contributed by atoms with Crippen molar-refractivity contribution in [2.45, 2.75) is 64.6 Å². The summed E-state index contributed by atoms with van der Waals surface area (Å²) in [6, 6.07) is -0.591. The van der Waals surface area contributed by atoms with Crippen LogP contribution in [0.3, 0.4) is 0 Å². The predicted octanol–water partition coefficient (Wildman–Crippen LogP) is 2.89. The lowest BCUT2D eigenvalue weighted by Gasteiger charge is -2.31. The van der Waals surface area contributed by atoms with Crippen LogP contribution in [-0.4, -0.2) is 41.3 Å². The van der Waals surface area contributed by atoms with Gasteiger partial charge in [0.15, 0.2) is 0 Å². The van der Waals surface area contributed by atoms with Gasteiger partial charge in [-0.15, -0.1) is 6.58 Å². The molecule has 1 fully saturated rings. The van der Waals surface area contributed by atoms with Crippen molar-refractivity contribution in [3.63, 3.8) is 0 Å². The molecule has 0 unspecified atom stereocenters. The Labute approximate surface area is 120 Å². The molecule has 1 heterocycles. The summed E-state index contributed by atoms with van der Waals surface area (Å²) in [5, 5.41) is 0. The third-order valence-corrected chi connectivity index (χ3v) is 3.10. The molecule has 0 aliphatic carbocycles. The van der Waals surface area contributed by atoms with E-state index in [1.165, 1.54) is 4.90 Å². The summed E-state index contributed by atoms with van der Waals surface area (Å²) in [6.45, 7) is 11.2. The van der Waals surface area contributed by atoms with E-state index in [1.54, 1.807) is 13.0 Å². The van der Waals surface area contributed by atoms with E-state index >= 15 is 0 Å². The molecule has 1 rings (SSSR count). The molecular weight excluding hydrogens is 258 g/mol. The van der Waals surface area contributed by atoms with Crippen molar-refractivity contribution >= 4 is 12.1 Å². The van der Waals surface area contributed by atoms with Gasteiger partial charge in [0.1, 0.15) is 11.6 Å². The van der Waals surface area contributed by atoms with E-state index in [0.717, 1.165) is 6.42 Å². The van der Waals surface area contributed by atoms with Crippen molar-refractivity contribution in [1.29, 1.82) is 0 Å². The molecule has 1 aliphatic rings. The van der Waals surface area contributed by atoms with Crippen LogP contribution >= 0.6 is 0 Å². The predicted molar refractivity (Wildman–Crippen MR) is 76.3 cm³/mol. The summed E-state index contributed by atoms with van der Waals surface area (Å²) in [7, 11) is 0. The summed E-state index contributed by atoms with van der Waals surface area (Å²) < 4.78 is 10.5. The molecule has 0 radical (unpaired) electrons. The van der Waals surface area contributed by atoms with Crippen LogP contribution in [0.4, 0.5) is 4.79 Å². The molecule has 0 aromatic heterocycles. The summed E-state index contributed by atoms with van der Waals surface area (Å²) in [5.74, 6) is -0.357. The Balaban J connectivity index is 2.87. The Hall–Kier alpha value is -1.52. The normalized spacial score (nSPS) is 22.5. The Morgan fingerprint density at radius 1 is 1.35 bits per heavy atom. The van der Waals surface area contributed by atoms with Crippen molar-refractivity contribution in [3.8, 4) is 0 Å². The highest BCUT2D eigenvalue weighted by Crippen LogP contribution is 2.29. The molecule has 20 heavy (non-hydrogen) atoms. The minimum absolute atomic E-state index is 0.0447. The molecule has 2 atom stereocenters. The van der Waals surface area contributed by atoms with Crippen LogP contribution in [0.15, 0.2) is 12.7 Å². The molecule has 0 aromatic rings. The van der Waals surface area contributed by atoms with Crippen molar-refractivity contribution < 1.29 is 19.1 Å². The number of amides is 1. The summed E-state index contributed by atoms with van der Waals surface area (Å²) >= 11 is 0. The molecule has 1 saturated heterocycles. The van der Waals surface area contributed by atoms with Crippen LogP contribution in [0, 0.1) is 0 Å². The van der Waals surface area contributed by atoms with Crippen LogP contribution in [-0.2, 0) is 14.3 Å². The van der Waals surface area contributed by atoms with Gasteiger partial charge in [-0.2, -0.15) is 0 Å². The van der Waals surface area contributed by atoms with Crippen LogP contribution < -0.4 is 0 Å². The minimum Gasteiger partial charge on any atom is -0.464 e. The number of rotatable bonds is 4. The van der Waals surface area contributed by atoms with Gasteiger partial charge < -0.3 is 9.47 Å². The standard InChI is InChI=1S/C15H25NO4/c1-6-8-11-9-10-12(13(17)19-7-2)16(11)14(18)20-15(3,4)5/h6,11-12H,1,7-10H2,2-5H3/t11-,12+/m1/s1. The van der Waals surface area contributed by atoms with Gasteiger partial charge in [-0.05, 0) is 47.0 Å². The average molecular weight is 283 g/mol. The fourth-order valence-electron chi connectivity index (χ4n) is 2.37. The van der Waals surface area contributed by atoms with E-state index in [2.05, 4.69) is 6.58 Å². The molecule has 0 bridgehead atoms. The second-order valence-corrected chi connectivity index (χ2v) is 5.91. The third kappa shape index (κ3) is 4.25. The molecule has 0 spiro atoms. The number of carbonyl (C=O) groups excluding carboxylic acids is 2. The number of esters is 1. The number of hydrogen-bond acceptors (Lipinski definition) is 4. The smallest absolute Gasteiger partial charge is 0.411 e. The van der Waals surface area contributed by atoms with Crippen LogP contribution in [0.2, 0.25) is 0 Å². The average Bonchev–Trinajstić information content (AvgIpc) is 2.71. The monoisotopic (exact) mass is 283 g/mol. The Kier molecular flexibility index (Phi) is 5.60. The quantitative estimate of drug-likeness (QED) is 0.588. The van der Waals surface area contributed by atoms with E-state index in [9.17, 15) is 9.59 Å². The topological polar surface area (TPSA) is 55.8 Å². The second-order valence-electron chi connectivity index (χ2n) is 5.91. The molecule has 0 aromatic carbocycles. The number of likely N-dealkylation sites (tertiary alicyclic amines) is 1. The van der Waals surface area contributed by atoms with Crippen molar-refractivity contribution in [3.05, 3.63) is 12.7 Å². The first-order valence-corrected chi connectivity index (χ1v) is 7.09. The van der Waals surface area contributed by atoms with Crippen molar-refractivity contribution in [2.24, 2.45) is 0 Å². The van der Waals surface area contributed by atoms with Gasteiger partial charge in [0.05, 0.1) is 6.61 Å². The highest BCUT2D eigenvalue weighted by molar-refractivity contribution is 5.82. The first kappa shape index (κ1) is 16.5. The lowest BCUT2D eigenvalue weighted by atomic mass is 10.1. The molecule has 5 nitrogen and oxygen atoms in total. The zero-order valence-corrected chi connectivity index (χ0v) is 12.8. The molecule has 0 N–H and O–H groups in total. The highest BCUT2D eigenvalue weighted by atomic mass is 16.6. The fraction of sp³-hybridized carbons (Fsp3) is 0.733. The maximum Gasteiger partial charge on any atom is 0.411 e. The largest absolute Gasteiger partial charge is 0.464 e. The van der Waals surface area contributed by atoms with Gasteiger partial charge in [0, 0.05) is 6.04 Å². The van der Waals surface area contributed by atoms with Crippen LogP contribution in [0.5, 0.6) is 0 Å². The number of carbonyl (C=O) groups is 2. The van der Waals surface area contributed by atoms with Crippen LogP contribution in [0.1, 0.15) is 47.0 Å². The van der Waals surface area contributed by atoms with Gasteiger partial charge >= 0.3 is 12.1 Å². The maximum absolute atomic E-state index is 12.3. The SMILES string of the molecule is C=CC[C@@H]1CC[C@@H](C(=O)OCC)N1C(=O)OC(C)(C)C. The Morgan fingerprint density at radius 2 is 2.00 bits per heavy atom. The van der Waals surface area contributed by atoms with Crippen LogP contribution in [0.25, 0.3) is 0 Å². The minimum atomic E-state index is -0.586. The van der Waals surface area contributed by atoms with E-state index in [1.807, 2.05) is 20.8 Å². The lowest BCUT2D eigenvalue weighted by Crippen LogP contribution is -2.47. The van der Waals surface area contributed by atoms with E-state index in [4.69, 9.17) is 9.47 Å². The van der Waals surface area contributed by atoms with E-state index in [0.29, 0.717) is 19.4 Å². The van der Waals surface area contributed by atoms with Gasteiger partial charge in [-0.3, -0.25) is 4.90 Å². The van der Waals surface area contributed by atoms with Gasteiger partial charge in [-0.25, -0.2) is 9.59 Å². The highest BCUT2D eigenvalue weighted by Gasteiger charge is 2.43. The first-order valence-electron chi connectivity index (χ1n) is 7.09. The van der Waals surface area contributed by atoms with Crippen molar-refractivity contribution in [2.75, 3.05) is 6.61 Å². The first-order chi connectivity index (χ1) is 9.30. The summed E-state index contributed by atoms with van der Waals surface area (Å²) in [4.78, 5) is 25.8. The third-order valence-electron chi connectivity index (χ3n) is 3.10. The number of hydrogen-bond donors (Lipinski definition) is 0. The van der Waals surface area contributed by atoms with Crippen molar-refractivity contribution in [1.82, 2.24) is 4.90 Å². The van der Waals surface area contributed by atoms with Gasteiger partial charge in [-0.1, -0.05) is 6.08 Å². The zero-order chi connectivity index (χ0) is 15.3. The van der Waals surface area contributed by atoms with Gasteiger partial charge in [0.2, 0.25) is 0 Å². The fourth-order valence-corrected chi connectivity index (χ4v) is 2.37. The summed E-state index contributed by atoms with van der Waals surface area (Å²) in [5.41, 5.74) is -0.586. The number of nitrogens with zero attached hydrogens (tertiary/aromatic N) is 1. The molecule has 0 saturated carbocycles.